The third-order valence-corrected chi connectivity index (χ3v) is 1.76. The minimum atomic E-state index is -1.70. The molecule has 0 atom stereocenters. The van der Waals surface area contributed by atoms with E-state index in [1.54, 1.807) is 6.07 Å². The van der Waals surface area contributed by atoms with Crippen LogP contribution in [0.3, 0.4) is 0 Å². The van der Waals surface area contributed by atoms with Gasteiger partial charge in [-0.1, -0.05) is 34.8 Å². The first kappa shape index (κ1) is 9.46. The number of hydrogen-bond donors (Lipinski definition) is 2. The first-order chi connectivity index (χ1) is 5.46. The Morgan fingerprint density at radius 3 is 2.42 bits per heavy atom. The van der Waals surface area contributed by atoms with Crippen molar-refractivity contribution in [3.05, 3.63) is 11.3 Å². The molecule has 0 fully saturated rings. The summed E-state index contributed by atoms with van der Waals surface area (Å²) in [7, 11) is 0. The average Bonchev–Trinajstić information content (AvgIpc) is 2.29. The standard InChI is InChI=1S/C5H3Cl3N4/c6-5(7,8)3-2(1-9)4(10)12-11-3/h(H3,10,11,12). The minimum absolute atomic E-state index is 0.0267. The number of nitrogens with one attached hydrogen (secondary N) is 1. The van der Waals surface area contributed by atoms with Crippen molar-refractivity contribution in [2.45, 2.75) is 3.79 Å². The summed E-state index contributed by atoms with van der Waals surface area (Å²) in [6.45, 7) is 0. The van der Waals surface area contributed by atoms with E-state index < -0.39 is 3.79 Å². The van der Waals surface area contributed by atoms with Crippen molar-refractivity contribution in [2.75, 3.05) is 5.73 Å². The van der Waals surface area contributed by atoms with Crippen LogP contribution in [0.5, 0.6) is 0 Å². The molecular weight excluding hydrogens is 222 g/mol. The van der Waals surface area contributed by atoms with E-state index in [0.29, 0.717) is 0 Å². The summed E-state index contributed by atoms with van der Waals surface area (Å²) in [5, 5.41) is 14.5. The van der Waals surface area contributed by atoms with Crippen LogP contribution in [0.25, 0.3) is 0 Å². The molecule has 1 rings (SSSR count). The molecule has 3 N–H and O–H groups in total. The lowest BCUT2D eigenvalue weighted by molar-refractivity contribution is 1.000. The summed E-state index contributed by atoms with van der Waals surface area (Å²) < 4.78 is -1.70. The van der Waals surface area contributed by atoms with E-state index >= 15 is 0 Å². The molecule has 0 aliphatic carbocycles. The Kier molecular flexibility index (Phi) is 2.38. The zero-order chi connectivity index (χ0) is 9.35. The van der Waals surface area contributed by atoms with E-state index in [1.807, 2.05) is 0 Å². The van der Waals surface area contributed by atoms with Crippen LogP contribution in [0.15, 0.2) is 0 Å². The van der Waals surface area contributed by atoms with Crippen LogP contribution in [0.2, 0.25) is 0 Å². The molecule has 0 spiro atoms. The SMILES string of the molecule is N#Cc1c(N)n[nH]c1C(Cl)(Cl)Cl. The number of nitriles is 1. The fraction of sp³-hybridized carbons (Fsp3) is 0.200. The second-order valence-electron chi connectivity index (χ2n) is 1.97. The summed E-state index contributed by atoms with van der Waals surface area (Å²) in [5.41, 5.74) is 5.46. The van der Waals surface area contributed by atoms with E-state index in [9.17, 15) is 0 Å². The zero-order valence-electron chi connectivity index (χ0n) is 5.61. The van der Waals surface area contributed by atoms with Crippen LogP contribution >= 0.6 is 34.8 Å². The van der Waals surface area contributed by atoms with Crippen LogP contribution in [-0.2, 0) is 3.79 Å². The van der Waals surface area contributed by atoms with Gasteiger partial charge in [-0.15, -0.1) is 0 Å². The Balaban J connectivity index is 3.28. The van der Waals surface area contributed by atoms with Crippen LogP contribution in [0, 0.1) is 11.3 Å². The summed E-state index contributed by atoms with van der Waals surface area (Å²) in [6, 6.07) is 1.78. The Hall–Kier alpha value is -0.630. The van der Waals surface area contributed by atoms with Crippen molar-refractivity contribution in [3.8, 4) is 6.07 Å². The Labute approximate surface area is 83.2 Å². The predicted molar refractivity (Wildman–Crippen MR) is 47.0 cm³/mol. The summed E-state index contributed by atoms with van der Waals surface area (Å²) in [6.07, 6.45) is 0. The lowest BCUT2D eigenvalue weighted by Crippen LogP contribution is -2.03. The Morgan fingerprint density at radius 1 is 1.50 bits per heavy atom. The largest absolute Gasteiger partial charge is 0.381 e. The van der Waals surface area contributed by atoms with Crippen molar-refractivity contribution in [1.82, 2.24) is 10.2 Å². The summed E-state index contributed by atoms with van der Waals surface area (Å²) in [5.74, 6) is 0.0267. The highest BCUT2D eigenvalue weighted by Gasteiger charge is 2.30. The third-order valence-electron chi connectivity index (χ3n) is 1.19. The fourth-order valence-electron chi connectivity index (χ4n) is 0.674. The van der Waals surface area contributed by atoms with E-state index in [-0.39, 0.29) is 17.1 Å². The molecule has 0 saturated heterocycles. The van der Waals surface area contributed by atoms with Gasteiger partial charge in [-0.05, 0) is 0 Å². The number of rotatable bonds is 0. The fourth-order valence-corrected chi connectivity index (χ4v) is 1.08. The number of nitrogens with two attached hydrogens (primary N) is 1. The first-order valence-corrected chi connectivity index (χ1v) is 3.91. The molecule has 1 heterocycles. The van der Waals surface area contributed by atoms with Gasteiger partial charge in [-0.3, -0.25) is 5.10 Å². The molecule has 64 valence electrons. The highest BCUT2D eigenvalue weighted by Crippen LogP contribution is 2.39. The van der Waals surface area contributed by atoms with E-state index in [4.69, 9.17) is 45.8 Å². The topological polar surface area (TPSA) is 78.5 Å². The molecule has 4 nitrogen and oxygen atoms in total. The number of halogens is 3. The minimum Gasteiger partial charge on any atom is -0.381 e. The molecule has 12 heavy (non-hydrogen) atoms. The number of nitrogens with zero attached hydrogens (tertiary/aromatic N) is 2. The van der Waals surface area contributed by atoms with Crippen molar-refractivity contribution in [2.24, 2.45) is 0 Å². The maximum absolute atomic E-state index is 8.59. The molecular formula is C5H3Cl3N4. The lowest BCUT2D eigenvalue weighted by Gasteiger charge is -2.06. The lowest BCUT2D eigenvalue weighted by atomic mass is 10.3. The third kappa shape index (κ3) is 1.58. The molecule has 7 heteroatoms. The van der Waals surface area contributed by atoms with Gasteiger partial charge in [0, 0.05) is 0 Å². The van der Waals surface area contributed by atoms with E-state index in [1.165, 1.54) is 0 Å². The molecule has 0 radical (unpaired) electrons. The first-order valence-electron chi connectivity index (χ1n) is 2.78. The molecule has 0 aliphatic heterocycles. The van der Waals surface area contributed by atoms with Gasteiger partial charge in [-0.2, -0.15) is 10.4 Å². The molecule has 1 aromatic heterocycles. The average molecular weight is 225 g/mol. The molecule has 1 aromatic rings. The number of nitrogen functional groups attached to an aromatic ring is 1. The molecule has 0 amide bonds. The number of alkyl halides is 3. The molecule has 0 bridgehead atoms. The van der Waals surface area contributed by atoms with Gasteiger partial charge >= 0.3 is 0 Å². The van der Waals surface area contributed by atoms with Gasteiger partial charge in [0.25, 0.3) is 0 Å². The summed E-state index contributed by atoms with van der Waals surface area (Å²) in [4.78, 5) is 0. The van der Waals surface area contributed by atoms with Gasteiger partial charge in [0.1, 0.15) is 17.3 Å². The van der Waals surface area contributed by atoms with Gasteiger partial charge in [0.15, 0.2) is 5.82 Å². The van der Waals surface area contributed by atoms with Crippen molar-refractivity contribution in [1.29, 1.82) is 5.26 Å². The van der Waals surface area contributed by atoms with Gasteiger partial charge in [-0.25, -0.2) is 0 Å². The van der Waals surface area contributed by atoms with Crippen LogP contribution < -0.4 is 5.73 Å². The van der Waals surface area contributed by atoms with Crippen molar-refractivity contribution >= 4 is 40.6 Å². The van der Waals surface area contributed by atoms with Crippen LogP contribution in [-0.4, -0.2) is 10.2 Å². The monoisotopic (exact) mass is 224 g/mol. The number of anilines is 1. The zero-order valence-corrected chi connectivity index (χ0v) is 7.87. The number of aromatic amines is 1. The molecule has 0 saturated carbocycles. The second-order valence-corrected chi connectivity index (χ2v) is 4.25. The van der Waals surface area contributed by atoms with Crippen LogP contribution in [0.4, 0.5) is 5.82 Å². The normalized spacial score (nSPS) is 11.2. The number of aromatic nitrogens is 2. The highest BCUT2D eigenvalue weighted by atomic mass is 35.6. The smallest absolute Gasteiger partial charge is 0.233 e. The maximum Gasteiger partial charge on any atom is 0.233 e. The number of H-pyrrole nitrogens is 1. The van der Waals surface area contributed by atoms with E-state index in [2.05, 4.69) is 10.2 Å². The quantitative estimate of drug-likeness (QED) is 0.660. The van der Waals surface area contributed by atoms with Gasteiger partial charge < -0.3 is 5.73 Å². The molecule has 0 unspecified atom stereocenters. The molecule has 0 aromatic carbocycles. The number of hydrogen-bond acceptors (Lipinski definition) is 3. The molecule has 0 aliphatic rings. The van der Waals surface area contributed by atoms with Gasteiger partial charge in [0.05, 0.1) is 0 Å². The van der Waals surface area contributed by atoms with Crippen molar-refractivity contribution in [3.63, 3.8) is 0 Å². The predicted octanol–water partition coefficient (Wildman–Crippen LogP) is 1.69. The highest BCUT2D eigenvalue weighted by molar-refractivity contribution is 6.66. The van der Waals surface area contributed by atoms with E-state index in [0.717, 1.165) is 0 Å². The Morgan fingerprint density at radius 2 is 2.08 bits per heavy atom. The van der Waals surface area contributed by atoms with Crippen molar-refractivity contribution < 1.29 is 0 Å². The van der Waals surface area contributed by atoms with Gasteiger partial charge in [0.2, 0.25) is 3.79 Å². The Bertz CT molecular complexity index is 331. The summed E-state index contributed by atoms with van der Waals surface area (Å²) >= 11 is 16.5. The maximum atomic E-state index is 8.59. The van der Waals surface area contributed by atoms with Crippen LogP contribution in [0.1, 0.15) is 11.3 Å². The second kappa shape index (κ2) is 3.02.